The summed E-state index contributed by atoms with van der Waals surface area (Å²) < 4.78 is 24.6. The van der Waals surface area contributed by atoms with Gasteiger partial charge >= 0.3 is 0 Å². The first-order valence-corrected chi connectivity index (χ1v) is 8.88. The zero-order valence-electron chi connectivity index (χ0n) is 11.6. The van der Waals surface area contributed by atoms with Gasteiger partial charge in [0.1, 0.15) is 0 Å². The molecule has 0 saturated heterocycles. The molecule has 1 aliphatic rings. The van der Waals surface area contributed by atoms with Crippen molar-refractivity contribution in [2.75, 3.05) is 29.4 Å². The monoisotopic (exact) mass is 331 g/mol. The highest BCUT2D eigenvalue weighted by Gasteiger charge is 2.20. The predicted molar refractivity (Wildman–Crippen MR) is 84.1 cm³/mol. The predicted octanol–water partition coefficient (Wildman–Crippen LogP) is 1.65. The molecule has 0 aliphatic heterocycles. The van der Waals surface area contributed by atoms with Gasteiger partial charge in [0.2, 0.25) is 15.9 Å². The summed E-state index contributed by atoms with van der Waals surface area (Å²) in [5.74, 6) is 0.559. The van der Waals surface area contributed by atoms with Gasteiger partial charge in [-0.2, -0.15) is 0 Å². The third kappa shape index (κ3) is 5.91. The van der Waals surface area contributed by atoms with E-state index in [1.54, 1.807) is 6.07 Å². The van der Waals surface area contributed by atoms with Gasteiger partial charge in [0, 0.05) is 5.69 Å². The molecule has 3 N–H and O–H groups in total. The molecule has 1 aromatic rings. The Balaban J connectivity index is 1.88. The number of halogens is 1. The molecular formula is C13H18ClN3O3S. The molecule has 0 aromatic heterocycles. The zero-order valence-corrected chi connectivity index (χ0v) is 13.2. The molecule has 1 saturated carbocycles. The largest absolute Gasteiger partial charge is 0.325 e. The molecule has 0 spiro atoms. The van der Waals surface area contributed by atoms with E-state index >= 15 is 0 Å². The number of benzene rings is 1. The lowest BCUT2D eigenvalue weighted by atomic mass is 10.3. The molecule has 1 amide bonds. The summed E-state index contributed by atoms with van der Waals surface area (Å²) in [6.45, 7) is 1.11. The van der Waals surface area contributed by atoms with Crippen LogP contribution in [-0.2, 0) is 14.8 Å². The van der Waals surface area contributed by atoms with Crippen molar-refractivity contribution in [3.05, 3.63) is 23.2 Å². The average molecular weight is 332 g/mol. The molecule has 2 rings (SSSR count). The van der Waals surface area contributed by atoms with Gasteiger partial charge in [0.15, 0.2) is 0 Å². The van der Waals surface area contributed by atoms with E-state index in [2.05, 4.69) is 15.4 Å². The topological polar surface area (TPSA) is 87.3 Å². The zero-order chi connectivity index (χ0) is 15.5. The van der Waals surface area contributed by atoms with Gasteiger partial charge in [-0.15, -0.1) is 0 Å². The van der Waals surface area contributed by atoms with Crippen LogP contribution in [0, 0.1) is 5.92 Å². The number of anilines is 2. The summed E-state index contributed by atoms with van der Waals surface area (Å²) in [4.78, 5) is 11.7. The Morgan fingerprint density at radius 2 is 2.10 bits per heavy atom. The molecule has 0 radical (unpaired) electrons. The number of carbonyl (C=O) groups excluding carboxylic acids is 1. The van der Waals surface area contributed by atoms with Gasteiger partial charge in [-0.3, -0.25) is 9.52 Å². The van der Waals surface area contributed by atoms with E-state index in [1.807, 2.05) is 0 Å². The molecule has 116 valence electrons. The Morgan fingerprint density at radius 3 is 2.67 bits per heavy atom. The van der Waals surface area contributed by atoms with Crippen LogP contribution in [0.15, 0.2) is 18.2 Å². The fraction of sp³-hybridized carbons (Fsp3) is 0.462. The minimum absolute atomic E-state index is 0.157. The van der Waals surface area contributed by atoms with E-state index in [1.165, 1.54) is 25.0 Å². The summed E-state index contributed by atoms with van der Waals surface area (Å²) in [5.41, 5.74) is 0.807. The minimum Gasteiger partial charge on any atom is -0.325 e. The number of nitrogens with one attached hydrogen (secondary N) is 3. The van der Waals surface area contributed by atoms with Gasteiger partial charge < -0.3 is 10.6 Å². The number of sulfonamides is 1. The highest BCUT2D eigenvalue weighted by molar-refractivity contribution is 7.92. The number of hydrogen-bond donors (Lipinski definition) is 3. The first-order valence-electron chi connectivity index (χ1n) is 6.61. The third-order valence-corrected chi connectivity index (χ3v) is 3.87. The van der Waals surface area contributed by atoms with Gasteiger partial charge in [-0.1, -0.05) is 11.6 Å². The molecule has 0 heterocycles. The molecule has 6 nitrogen and oxygen atoms in total. The number of carbonyl (C=O) groups is 1. The molecule has 1 fully saturated rings. The first-order chi connectivity index (χ1) is 9.83. The highest BCUT2D eigenvalue weighted by Crippen LogP contribution is 2.27. The molecular weight excluding hydrogens is 314 g/mol. The Bertz CT molecular complexity index is 630. The van der Waals surface area contributed by atoms with Crippen LogP contribution in [0.1, 0.15) is 12.8 Å². The Labute approximate surface area is 129 Å². The van der Waals surface area contributed by atoms with Crippen molar-refractivity contribution < 1.29 is 13.2 Å². The molecule has 8 heteroatoms. The maximum Gasteiger partial charge on any atom is 0.238 e. The Hall–Kier alpha value is -1.31. The molecule has 0 unspecified atom stereocenters. The van der Waals surface area contributed by atoms with Crippen molar-refractivity contribution in [2.45, 2.75) is 12.8 Å². The van der Waals surface area contributed by atoms with Crippen molar-refractivity contribution >= 4 is 38.9 Å². The maximum absolute atomic E-state index is 11.7. The molecule has 21 heavy (non-hydrogen) atoms. The van der Waals surface area contributed by atoms with Crippen molar-refractivity contribution in [2.24, 2.45) is 5.92 Å². The van der Waals surface area contributed by atoms with Crippen LogP contribution in [0.25, 0.3) is 0 Å². The second-order valence-electron chi connectivity index (χ2n) is 5.19. The number of rotatable bonds is 7. The standard InChI is InChI=1S/C13H18ClN3O3S/c1-21(19,20)17-12-5-4-10(6-11(12)14)16-13(18)8-15-7-9-2-3-9/h4-6,9,15,17H,2-3,7-8H2,1H3,(H,16,18). The van der Waals surface area contributed by atoms with E-state index < -0.39 is 10.0 Å². The Kier molecular flexibility index (Phi) is 5.08. The lowest BCUT2D eigenvalue weighted by Gasteiger charge is -2.10. The fourth-order valence-corrected chi connectivity index (χ4v) is 2.65. The van der Waals surface area contributed by atoms with Crippen LogP contribution < -0.4 is 15.4 Å². The maximum atomic E-state index is 11.7. The van der Waals surface area contributed by atoms with Gasteiger partial charge in [-0.25, -0.2) is 8.42 Å². The van der Waals surface area contributed by atoms with Crippen LogP contribution in [0.4, 0.5) is 11.4 Å². The quantitative estimate of drug-likeness (QED) is 0.709. The minimum atomic E-state index is -3.38. The van der Waals surface area contributed by atoms with E-state index in [0.717, 1.165) is 12.8 Å². The molecule has 1 aromatic carbocycles. The summed E-state index contributed by atoms with van der Waals surface area (Å²) >= 11 is 5.98. The van der Waals surface area contributed by atoms with Crippen LogP contribution in [0.2, 0.25) is 5.02 Å². The fourth-order valence-electron chi connectivity index (χ4n) is 1.79. The second kappa shape index (κ2) is 6.64. The first kappa shape index (κ1) is 16.1. The van der Waals surface area contributed by atoms with Crippen LogP contribution in [0.5, 0.6) is 0 Å². The van der Waals surface area contributed by atoms with Crippen LogP contribution in [-0.4, -0.2) is 33.7 Å². The van der Waals surface area contributed by atoms with Crippen LogP contribution >= 0.6 is 11.6 Å². The number of hydrogen-bond acceptors (Lipinski definition) is 4. The number of amides is 1. The lowest BCUT2D eigenvalue weighted by Crippen LogP contribution is -2.29. The van der Waals surface area contributed by atoms with E-state index in [4.69, 9.17) is 11.6 Å². The van der Waals surface area contributed by atoms with E-state index in [-0.39, 0.29) is 23.2 Å². The normalized spacial score (nSPS) is 14.8. The van der Waals surface area contributed by atoms with Crippen LogP contribution in [0.3, 0.4) is 0 Å². The van der Waals surface area contributed by atoms with E-state index in [0.29, 0.717) is 11.6 Å². The third-order valence-electron chi connectivity index (χ3n) is 2.96. The van der Waals surface area contributed by atoms with Gasteiger partial charge in [0.05, 0.1) is 23.5 Å². The molecule has 0 bridgehead atoms. The van der Waals surface area contributed by atoms with Crippen molar-refractivity contribution in [1.82, 2.24) is 5.32 Å². The van der Waals surface area contributed by atoms with Gasteiger partial charge in [-0.05, 0) is 43.5 Å². The smallest absolute Gasteiger partial charge is 0.238 e. The van der Waals surface area contributed by atoms with Crippen molar-refractivity contribution in [1.29, 1.82) is 0 Å². The average Bonchev–Trinajstić information content (AvgIpc) is 3.15. The SMILES string of the molecule is CS(=O)(=O)Nc1ccc(NC(=O)CNCC2CC2)cc1Cl. The summed E-state index contributed by atoms with van der Waals surface area (Å²) in [5, 5.41) is 6.02. The summed E-state index contributed by atoms with van der Waals surface area (Å²) in [6, 6.07) is 4.61. The van der Waals surface area contributed by atoms with Crippen molar-refractivity contribution in [3.63, 3.8) is 0 Å². The summed E-state index contributed by atoms with van der Waals surface area (Å²) in [7, 11) is -3.38. The Morgan fingerprint density at radius 1 is 1.38 bits per heavy atom. The van der Waals surface area contributed by atoms with E-state index in [9.17, 15) is 13.2 Å². The highest BCUT2D eigenvalue weighted by atomic mass is 35.5. The molecule has 1 aliphatic carbocycles. The lowest BCUT2D eigenvalue weighted by molar-refractivity contribution is -0.115. The molecule has 0 atom stereocenters. The van der Waals surface area contributed by atoms with Crippen molar-refractivity contribution in [3.8, 4) is 0 Å². The summed E-state index contributed by atoms with van der Waals surface area (Å²) in [6.07, 6.45) is 3.52. The second-order valence-corrected chi connectivity index (χ2v) is 7.35. The van der Waals surface area contributed by atoms with Gasteiger partial charge in [0.25, 0.3) is 0 Å².